The third-order valence-corrected chi connectivity index (χ3v) is 1.91. The van der Waals surface area contributed by atoms with Crippen molar-refractivity contribution in [1.29, 1.82) is 0 Å². The maximum absolute atomic E-state index is 12.9. The Balaban J connectivity index is 2.14. The van der Waals surface area contributed by atoms with Crippen molar-refractivity contribution in [2.75, 3.05) is 12.4 Å². The van der Waals surface area contributed by atoms with Crippen LogP contribution in [0.2, 0.25) is 0 Å². The van der Waals surface area contributed by atoms with Gasteiger partial charge in [0, 0.05) is 19.2 Å². The van der Waals surface area contributed by atoms with E-state index in [2.05, 4.69) is 15.5 Å². The van der Waals surface area contributed by atoms with Crippen LogP contribution in [0.3, 0.4) is 0 Å². The van der Waals surface area contributed by atoms with Gasteiger partial charge in [0.2, 0.25) is 5.88 Å². The second-order valence-electron chi connectivity index (χ2n) is 3.07. The normalized spacial score (nSPS) is 9.88. The Hall–Kier alpha value is -2.17. The molecular weight excluding hydrogens is 209 g/mol. The van der Waals surface area contributed by atoms with Crippen molar-refractivity contribution in [2.24, 2.45) is 0 Å². The number of anilines is 1. The van der Waals surface area contributed by atoms with E-state index >= 15 is 0 Å². The van der Waals surface area contributed by atoms with Gasteiger partial charge in [0.15, 0.2) is 0 Å². The molecule has 0 fully saturated rings. The van der Waals surface area contributed by atoms with Crippen LogP contribution < -0.4 is 10.1 Å². The number of hydrogen-bond acceptors (Lipinski definition) is 4. The van der Waals surface area contributed by atoms with Gasteiger partial charge in [-0.1, -0.05) is 6.07 Å². The summed E-state index contributed by atoms with van der Waals surface area (Å²) in [7, 11) is 1.75. The molecule has 1 N–H and O–H groups in total. The molecule has 0 unspecified atom stereocenters. The van der Waals surface area contributed by atoms with Crippen molar-refractivity contribution in [3.8, 4) is 11.6 Å². The second-order valence-corrected chi connectivity index (χ2v) is 3.07. The summed E-state index contributed by atoms with van der Waals surface area (Å²) in [5.74, 6) is 1.01. The first-order valence-corrected chi connectivity index (χ1v) is 4.73. The van der Waals surface area contributed by atoms with Crippen LogP contribution in [-0.4, -0.2) is 17.2 Å². The van der Waals surface area contributed by atoms with Gasteiger partial charge in [0.25, 0.3) is 0 Å². The lowest BCUT2D eigenvalue weighted by Gasteiger charge is -2.04. The van der Waals surface area contributed by atoms with Crippen molar-refractivity contribution in [3.05, 3.63) is 42.2 Å². The molecule has 0 bridgehead atoms. The lowest BCUT2D eigenvalue weighted by atomic mass is 10.3. The molecule has 0 spiro atoms. The van der Waals surface area contributed by atoms with Gasteiger partial charge in [-0.3, -0.25) is 0 Å². The van der Waals surface area contributed by atoms with Crippen LogP contribution in [0.15, 0.2) is 36.4 Å². The molecule has 0 atom stereocenters. The van der Waals surface area contributed by atoms with Gasteiger partial charge >= 0.3 is 0 Å². The van der Waals surface area contributed by atoms with Crippen LogP contribution in [-0.2, 0) is 0 Å². The van der Waals surface area contributed by atoms with Crippen LogP contribution in [0.1, 0.15) is 0 Å². The quantitative estimate of drug-likeness (QED) is 0.861. The number of nitrogens with one attached hydrogen (secondary N) is 1. The Bertz CT molecular complexity index is 473. The molecule has 0 aliphatic rings. The fourth-order valence-electron chi connectivity index (χ4n) is 1.16. The van der Waals surface area contributed by atoms with Gasteiger partial charge in [0.1, 0.15) is 17.4 Å². The summed E-state index contributed by atoms with van der Waals surface area (Å²) < 4.78 is 18.2. The van der Waals surface area contributed by atoms with Crippen molar-refractivity contribution < 1.29 is 9.13 Å². The third-order valence-electron chi connectivity index (χ3n) is 1.91. The van der Waals surface area contributed by atoms with Gasteiger partial charge < -0.3 is 10.1 Å². The number of benzene rings is 1. The molecule has 0 aliphatic carbocycles. The number of rotatable bonds is 3. The highest BCUT2D eigenvalue weighted by Gasteiger charge is 2.00. The van der Waals surface area contributed by atoms with Gasteiger partial charge in [-0.25, -0.2) is 4.39 Å². The van der Waals surface area contributed by atoms with E-state index < -0.39 is 0 Å². The number of nitrogens with zero attached hydrogens (tertiary/aromatic N) is 2. The first kappa shape index (κ1) is 10.4. The number of hydrogen-bond donors (Lipinski definition) is 1. The maximum atomic E-state index is 12.9. The predicted octanol–water partition coefficient (Wildman–Crippen LogP) is 2.45. The molecule has 1 aromatic carbocycles. The third kappa shape index (κ3) is 2.44. The molecule has 1 heterocycles. The molecule has 0 radical (unpaired) electrons. The average molecular weight is 219 g/mol. The minimum Gasteiger partial charge on any atom is -0.437 e. The minimum absolute atomic E-state index is 0.324. The Morgan fingerprint density at radius 3 is 2.69 bits per heavy atom. The summed E-state index contributed by atoms with van der Waals surface area (Å²) in [5.41, 5.74) is 0. The van der Waals surface area contributed by atoms with E-state index in [1.54, 1.807) is 31.3 Å². The number of ether oxygens (including phenoxy) is 1. The van der Waals surface area contributed by atoms with Crippen LogP contribution in [0.5, 0.6) is 11.6 Å². The first-order chi connectivity index (χ1) is 7.78. The van der Waals surface area contributed by atoms with Crippen LogP contribution in [0.25, 0.3) is 0 Å². The molecule has 82 valence electrons. The Morgan fingerprint density at radius 2 is 2.06 bits per heavy atom. The highest BCUT2D eigenvalue weighted by atomic mass is 19.1. The largest absolute Gasteiger partial charge is 0.437 e. The molecule has 5 heteroatoms. The highest BCUT2D eigenvalue weighted by molar-refractivity contribution is 5.34. The molecular formula is C11H10FN3O. The summed E-state index contributed by atoms with van der Waals surface area (Å²) >= 11 is 0. The topological polar surface area (TPSA) is 47.0 Å². The summed E-state index contributed by atoms with van der Waals surface area (Å²) in [6.07, 6.45) is 0. The standard InChI is InChI=1S/C11H10FN3O/c1-13-10-5-6-11(15-14-10)16-9-4-2-3-8(12)7-9/h2-7H,1H3,(H,13,14). The Kier molecular flexibility index (Phi) is 2.95. The van der Waals surface area contributed by atoms with Gasteiger partial charge in [-0.05, 0) is 18.2 Å². The predicted molar refractivity (Wildman–Crippen MR) is 58.1 cm³/mol. The molecule has 1 aromatic heterocycles. The Labute approximate surface area is 92.1 Å². The highest BCUT2D eigenvalue weighted by Crippen LogP contribution is 2.19. The van der Waals surface area contributed by atoms with E-state index in [1.807, 2.05) is 0 Å². The Morgan fingerprint density at radius 1 is 1.19 bits per heavy atom. The van der Waals surface area contributed by atoms with E-state index in [1.165, 1.54) is 12.1 Å². The lowest BCUT2D eigenvalue weighted by molar-refractivity contribution is 0.451. The zero-order valence-electron chi connectivity index (χ0n) is 8.64. The van der Waals surface area contributed by atoms with Crippen molar-refractivity contribution in [2.45, 2.75) is 0 Å². The molecule has 0 amide bonds. The number of aromatic nitrogens is 2. The van der Waals surface area contributed by atoms with Crippen LogP contribution in [0.4, 0.5) is 10.2 Å². The second kappa shape index (κ2) is 4.57. The smallest absolute Gasteiger partial charge is 0.238 e. The molecule has 2 aromatic rings. The van der Waals surface area contributed by atoms with Gasteiger partial charge in [-0.2, -0.15) is 0 Å². The summed E-state index contributed by atoms with van der Waals surface area (Å²) in [6, 6.07) is 9.23. The van der Waals surface area contributed by atoms with E-state index in [-0.39, 0.29) is 5.82 Å². The van der Waals surface area contributed by atoms with Gasteiger partial charge in [-0.15, -0.1) is 10.2 Å². The molecule has 0 saturated carbocycles. The van der Waals surface area contributed by atoms with E-state index in [0.717, 1.165) is 0 Å². The average Bonchev–Trinajstić information content (AvgIpc) is 2.30. The summed E-state index contributed by atoms with van der Waals surface area (Å²) in [6.45, 7) is 0. The molecule has 16 heavy (non-hydrogen) atoms. The first-order valence-electron chi connectivity index (χ1n) is 4.73. The fraction of sp³-hybridized carbons (Fsp3) is 0.0909. The summed E-state index contributed by atoms with van der Waals surface area (Å²) in [4.78, 5) is 0. The monoisotopic (exact) mass is 219 g/mol. The van der Waals surface area contributed by atoms with E-state index in [4.69, 9.17) is 4.74 Å². The van der Waals surface area contributed by atoms with Crippen molar-refractivity contribution >= 4 is 5.82 Å². The zero-order chi connectivity index (χ0) is 11.4. The van der Waals surface area contributed by atoms with Crippen LogP contribution >= 0.6 is 0 Å². The lowest BCUT2D eigenvalue weighted by Crippen LogP contribution is -1.95. The van der Waals surface area contributed by atoms with Crippen LogP contribution in [0, 0.1) is 5.82 Å². The van der Waals surface area contributed by atoms with Gasteiger partial charge in [0.05, 0.1) is 0 Å². The molecule has 4 nitrogen and oxygen atoms in total. The molecule has 0 aliphatic heterocycles. The molecule has 2 rings (SSSR count). The summed E-state index contributed by atoms with van der Waals surface area (Å²) in [5, 5.41) is 10.5. The SMILES string of the molecule is CNc1ccc(Oc2cccc(F)c2)nn1. The van der Waals surface area contributed by atoms with E-state index in [9.17, 15) is 4.39 Å². The van der Waals surface area contributed by atoms with E-state index in [0.29, 0.717) is 17.4 Å². The van der Waals surface area contributed by atoms with Crippen molar-refractivity contribution in [1.82, 2.24) is 10.2 Å². The molecule has 0 saturated heterocycles. The number of halogens is 1. The fourth-order valence-corrected chi connectivity index (χ4v) is 1.16. The van der Waals surface area contributed by atoms with Crippen molar-refractivity contribution in [3.63, 3.8) is 0 Å². The maximum Gasteiger partial charge on any atom is 0.238 e. The minimum atomic E-state index is -0.350. The zero-order valence-corrected chi connectivity index (χ0v) is 8.64.